The van der Waals surface area contributed by atoms with Crippen LogP contribution in [0.5, 0.6) is 0 Å². The maximum atomic E-state index is 11.5. The number of carboxylic acid groups (broad SMARTS) is 2. The quantitative estimate of drug-likeness (QED) is 0.539. The Kier molecular flexibility index (Phi) is 4.10. The summed E-state index contributed by atoms with van der Waals surface area (Å²) in [6.07, 6.45) is -2.46. The van der Waals surface area contributed by atoms with Crippen LogP contribution < -0.4 is 5.48 Å². The number of rotatable bonds is 2. The zero-order valence-corrected chi connectivity index (χ0v) is 9.12. The number of nitrogens with zero attached hydrogens (tertiary/aromatic N) is 2. The van der Waals surface area contributed by atoms with E-state index in [1.165, 1.54) is 7.11 Å². The van der Waals surface area contributed by atoms with Crippen LogP contribution >= 0.6 is 0 Å². The maximum absolute atomic E-state index is 11.5. The third-order valence-electron chi connectivity index (χ3n) is 2.40. The average Bonchev–Trinajstić information content (AvgIpc) is 2.28. The van der Waals surface area contributed by atoms with Crippen molar-refractivity contribution in [2.75, 3.05) is 26.7 Å². The Labute approximate surface area is 96.5 Å². The fourth-order valence-corrected chi connectivity index (χ4v) is 1.58. The number of amides is 3. The van der Waals surface area contributed by atoms with E-state index in [4.69, 9.17) is 10.2 Å². The normalized spacial score (nSPS) is 19.9. The fraction of sp³-hybridized carbons (Fsp3) is 0.625. The van der Waals surface area contributed by atoms with Crippen molar-refractivity contribution in [2.45, 2.75) is 6.04 Å². The predicted molar refractivity (Wildman–Crippen MR) is 53.3 cm³/mol. The van der Waals surface area contributed by atoms with Crippen LogP contribution in [-0.2, 0) is 9.63 Å². The van der Waals surface area contributed by atoms with Gasteiger partial charge in [-0.1, -0.05) is 0 Å². The second-order valence-electron chi connectivity index (χ2n) is 3.39. The second kappa shape index (κ2) is 5.34. The van der Waals surface area contributed by atoms with E-state index in [0.29, 0.717) is 0 Å². The van der Waals surface area contributed by atoms with Crippen molar-refractivity contribution in [1.82, 2.24) is 15.3 Å². The monoisotopic (exact) mass is 247 g/mol. The molecule has 1 aliphatic rings. The molecule has 0 aromatic carbocycles. The van der Waals surface area contributed by atoms with Crippen LogP contribution in [0.25, 0.3) is 0 Å². The highest BCUT2D eigenvalue weighted by Gasteiger charge is 2.37. The second-order valence-corrected chi connectivity index (χ2v) is 3.39. The molecule has 1 atom stereocenters. The zero-order valence-electron chi connectivity index (χ0n) is 9.12. The Morgan fingerprint density at radius 2 is 1.88 bits per heavy atom. The minimum absolute atomic E-state index is 0.0401. The highest BCUT2D eigenvalue weighted by molar-refractivity contribution is 5.85. The van der Waals surface area contributed by atoms with Crippen LogP contribution in [0.3, 0.4) is 0 Å². The topological polar surface area (TPSA) is 119 Å². The Balaban J connectivity index is 2.79. The van der Waals surface area contributed by atoms with Crippen molar-refractivity contribution in [2.24, 2.45) is 0 Å². The van der Waals surface area contributed by atoms with E-state index in [1.807, 2.05) is 5.48 Å². The highest BCUT2D eigenvalue weighted by atomic mass is 16.6. The third-order valence-corrected chi connectivity index (χ3v) is 2.40. The van der Waals surface area contributed by atoms with Crippen molar-refractivity contribution in [3.63, 3.8) is 0 Å². The molecular weight excluding hydrogens is 234 g/mol. The fourth-order valence-electron chi connectivity index (χ4n) is 1.58. The number of piperazine rings is 1. The summed E-state index contributed by atoms with van der Waals surface area (Å²) in [7, 11) is 1.21. The molecule has 0 saturated carbocycles. The summed E-state index contributed by atoms with van der Waals surface area (Å²) in [6.45, 7) is -0.224. The summed E-state index contributed by atoms with van der Waals surface area (Å²) in [5, 5.41) is 17.7. The number of nitrogens with one attached hydrogen (secondary N) is 1. The molecule has 0 aromatic heterocycles. The average molecular weight is 247 g/mol. The first kappa shape index (κ1) is 13.0. The molecule has 1 heterocycles. The van der Waals surface area contributed by atoms with E-state index < -0.39 is 24.1 Å². The molecule has 0 radical (unpaired) electrons. The molecule has 1 fully saturated rings. The van der Waals surface area contributed by atoms with E-state index in [0.717, 1.165) is 9.80 Å². The molecule has 0 spiro atoms. The SMILES string of the molecule is CONC(=O)C1CN(C(=O)O)CCN1C(=O)O. The van der Waals surface area contributed by atoms with Crippen molar-refractivity contribution in [1.29, 1.82) is 0 Å². The molecule has 3 N–H and O–H groups in total. The summed E-state index contributed by atoms with van der Waals surface area (Å²) in [6, 6.07) is -1.10. The minimum Gasteiger partial charge on any atom is -0.465 e. The standard InChI is InChI=1S/C8H13N3O6/c1-17-9-6(12)5-4-10(7(13)14)2-3-11(5)8(15)16/h5H,2-4H2,1H3,(H,9,12)(H,13,14)(H,15,16). The van der Waals surface area contributed by atoms with Crippen molar-refractivity contribution in [3.8, 4) is 0 Å². The van der Waals surface area contributed by atoms with Gasteiger partial charge < -0.3 is 15.1 Å². The summed E-state index contributed by atoms with van der Waals surface area (Å²) >= 11 is 0. The molecule has 17 heavy (non-hydrogen) atoms. The Morgan fingerprint density at radius 3 is 2.35 bits per heavy atom. The van der Waals surface area contributed by atoms with Crippen LogP contribution in [0.4, 0.5) is 9.59 Å². The third kappa shape index (κ3) is 2.97. The molecule has 1 aliphatic heterocycles. The van der Waals surface area contributed by atoms with Gasteiger partial charge in [0.05, 0.1) is 13.7 Å². The van der Waals surface area contributed by atoms with Gasteiger partial charge >= 0.3 is 12.2 Å². The molecule has 96 valence electrons. The Hall–Kier alpha value is -2.03. The maximum Gasteiger partial charge on any atom is 0.408 e. The Bertz CT molecular complexity index is 333. The van der Waals surface area contributed by atoms with Gasteiger partial charge in [0.25, 0.3) is 5.91 Å². The summed E-state index contributed by atoms with van der Waals surface area (Å²) in [5.74, 6) is -0.694. The molecular formula is C8H13N3O6. The van der Waals surface area contributed by atoms with E-state index in [9.17, 15) is 14.4 Å². The molecule has 3 amide bonds. The van der Waals surface area contributed by atoms with E-state index in [1.54, 1.807) is 0 Å². The van der Waals surface area contributed by atoms with E-state index in [2.05, 4.69) is 4.84 Å². The van der Waals surface area contributed by atoms with Gasteiger partial charge in [-0.2, -0.15) is 0 Å². The number of carbonyl (C=O) groups is 3. The van der Waals surface area contributed by atoms with E-state index in [-0.39, 0.29) is 19.6 Å². The minimum atomic E-state index is -1.27. The summed E-state index contributed by atoms with van der Waals surface area (Å²) in [4.78, 5) is 39.4. The molecule has 1 rings (SSSR count). The van der Waals surface area contributed by atoms with Crippen LogP contribution in [0, 0.1) is 0 Å². The molecule has 1 unspecified atom stereocenters. The number of carbonyl (C=O) groups excluding carboxylic acids is 1. The van der Waals surface area contributed by atoms with Gasteiger partial charge in [-0.3, -0.25) is 14.5 Å². The molecule has 9 nitrogen and oxygen atoms in total. The molecule has 0 bridgehead atoms. The number of hydroxylamine groups is 1. The first-order valence-electron chi connectivity index (χ1n) is 4.77. The van der Waals surface area contributed by atoms with Crippen LogP contribution in [0.15, 0.2) is 0 Å². The molecule has 1 saturated heterocycles. The Morgan fingerprint density at radius 1 is 1.24 bits per heavy atom. The van der Waals surface area contributed by atoms with Gasteiger partial charge in [0, 0.05) is 13.1 Å². The number of hydrogen-bond donors (Lipinski definition) is 3. The lowest BCUT2D eigenvalue weighted by atomic mass is 10.1. The van der Waals surface area contributed by atoms with Crippen molar-refractivity contribution >= 4 is 18.1 Å². The molecule has 9 heteroatoms. The summed E-state index contributed by atoms with van der Waals surface area (Å²) < 4.78 is 0. The predicted octanol–water partition coefficient (Wildman–Crippen LogP) is -0.994. The summed E-state index contributed by atoms with van der Waals surface area (Å²) in [5.41, 5.74) is 2.00. The van der Waals surface area contributed by atoms with Crippen molar-refractivity contribution < 1.29 is 29.4 Å². The zero-order chi connectivity index (χ0) is 13.0. The lowest BCUT2D eigenvalue weighted by Gasteiger charge is -2.37. The van der Waals surface area contributed by atoms with Gasteiger partial charge in [-0.05, 0) is 0 Å². The molecule has 0 aliphatic carbocycles. The van der Waals surface area contributed by atoms with Crippen LogP contribution in [0.1, 0.15) is 0 Å². The van der Waals surface area contributed by atoms with Gasteiger partial charge in [-0.25, -0.2) is 15.1 Å². The van der Waals surface area contributed by atoms with Gasteiger partial charge in [0.15, 0.2) is 0 Å². The first-order valence-corrected chi connectivity index (χ1v) is 4.77. The van der Waals surface area contributed by atoms with Crippen LogP contribution in [0.2, 0.25) is 0 Å². The smallest absolute Gasteiger partial charge is 0.408 e. The lowest BCUT2D eigenvalue weighted by molar-refractivity contribution is -0.138. The molecule has 0 aromatic rings. The first-order chi connectivity index (χ1) is 7.97. The highest BCUT2D eigenvalue weighted by Crippen LogP contribution is 2.10. The van der Waals surface area contributed by atoms with Gasteiger partial charge in [0.1, 0.15) is 6.04 Å². The van der Waals surface area contributed by atoms with Crippen molar-refractivity contribution in [3.05, 3.63) is 0 Å². The number of hydrogen-bond acceptors (Lipinski definition) is 4. The van der Waals surface area contributed by atoms with Crippen LogP contribution in [-0.4, -0.2) is 70.9 Å². The lowest BCUT2D eigenvalue weighted by Crippen LogP contribution is -2.61. The van der Waals surface area contributed by atoms with Gasteiger partial charge in [-0.15, -0.1) is 0 Å². The van der Waals surface area contributed by atoms with Gasteiger partial charge in [0.2, 0.25) is 0 Å². The largest absolute Gasteiger partial charge is 0.465 e. The van der Waals surface area contributed by atoms with E-state index >= 15 is 0 Å².